The summed E-state index contributed by atoms with van der Waals surface area (Å²) < 4.78 is 11.1. The SMILES string of the molecule is COc1cc(C=NNc2nc(-c3ccccc3)c(C#N)c(=O)[nH]2)ccc1OCCCBr. The van der Waals surface area contributed by atoms with Crippen LogP contribution in [0.5, 0.6) is 11.5 Å². The van der Waals surface area contributed by atoms with Gasteiger partial charge in [0.1, 0.15) is 11.6 Å². The average Bonchev–Trinajstić information content (AvgIpc) is 2.80. The summed E-state index contributed by atoms with van der Waals surface area (Å²) in [6, 6.07) is 16.4. The molecule has 0 amide bonds. The van der Waals surface area contributed by atoms with Crippen molar-refractivity contribution in [3.8, 4) is 28.8 Å². The number of nitriles is 1. The molecule has 0 fully saturated rings. The first-order valence-electron chi connectivity index (χ1n) is 9.42. The van der Waals surface area contributed by atoms with Crippen molar-refractivity contribution in [3.63, 3.8) is 0 Å². The minimum Gasteiger partial charge on any atom is -0.493 e. The van der Waals surface area contributed by atoms with E-state index in [0.717, 1.165) is 17.3 Å². The van der Waals surface area contributed by atoms with Crippen LogP contribution in [0.25, 0.3) is 11.3 Å². The molecule has 8 nitrogen and oxygen atoms in total. The second-order valence-electron chi connectivity index (χ2n) is 6.29. The molecule has 0 atom stereocenters. The summed E-state index contributed by atoms with van der Waals surface area (Å²) in [6.45, 7) is 0.581. The van der Waals surface area contributed by atoms with Crippen molar-refractivity contribution in [2.45, 2.75) is 6.42 Å². The van der Waals surface area contributed by atoms with E-state index in [0.29, 0.717) is 23.7 Å². The molecule has 3 aromatic rings. The van der Waals surface area contributed by atoms with E-state index in [2.05, 4.69) is 36.4 Å². The lowest BCUT2D eigenvalue weighted by Crippen LogP contribution is -2.16. The third-order valence-corrected chi connectivity index (χ3v) is 4.75. The van der Waals surface area contributed by atoms with Crippen LogP contribution >= 0.6 is 15.9 Å². The molecule has 0 aliphatic rings. The minimum absolute atomic E-state index is 0.0547. The Bertz CT molecular complexity index is 1160. The van der Waals surface area contributed by atoms with Crippen LogP contribution in [0.15, 0.2) is 58.4 Å². The third-order valence-electron chi connectivity index (χ3n) is 4.19. The number of hydrogen-bond donors (Lipinski definition) is 2. The average molecular weight is 482 g/mol. The number of alkyl halides is 1. The maximum Gasteiger partial charge on any atom is 0.270 e. The molecule has 2 N–H and O–H groups in total. The highest BCUT2D eigenvalue weighted by Gasteiger charge is 2.13. The summed E-state index contributed by atoms with van der Waals surface area (Å²) in [5, 5.41) is 14.3. The molecule has 0 spiro atoms. The first-order valence-corrected chi connectivity index (χ1v) is 10.5. The van der Waals surface area contributed by atoms with Crippen LogP contribution in [0, 0.1) is 11.3 Å². The van der Waals surface area contributed by atoms with Gasteiger partial charge in [-0.1, -0.05) is 46.3 Å². The van der Waals surface area contributed by atoms with E-state index >= 15 is 0 Å². The molecule has 9 heteroatoms. The molecule has 158 valence electrons. The Morgan fingerprint density at radius 3 is 2.77 bits per heavy atom. The van der Waals surface area contributed by atoms with Crippen molar-refractivity contribution in [2.24, 2.45) is 5.10 Å². The molecule has 0 aliphatic heterocycles. The Labute approximate surface area is 187 Å². The van der Waals surface area contributed by atoms with E-state index in [4.69, 9.17) is 9.47 Å². The van der Waals surface area contributed by atoms with E-state index in [1.54, 1.807) is 31.5 Å². The van der Waals surface area contributed by atoms with Gasteiger partial charge in [0.2, 0.25) is 5.95 Å². The Morgan fingerprint density at radius 2 is 2.06 bits per heavy atom. The molecule has 0 saturated carbocycles. The summed E-state index contributed by atoms with van der Waals surface area (Å²) in [7, 11) is 1.57. The quantitative estimate of drug-likeness (QED) is 0.207. The number of hydrogen-bond acceptors (Lipinski definition) is 7. The van der Waals surface area contributed by atoms with E-state index in [1.807, 2.05) is 36.4 Å². The maximum atomic E-state index is 12.3. The molecule has 0 bridgehead atoms. The van der Waals surface area contributed by atoms with Gasteiger partial charge in [-0.2, -0.15) is 10.4 Å². The Kier molecular flexibility index (Phi) is 7.79. The Morgan fingerprint density at radius 1 is 1.26 bits per heavy atom. The molecule has 0 radical (unpaired) electrons. The van der Waals surface area contributed by atoms with E-state index in [-0.39, 0.29) is 17.2 Å². The predicted octanol–water partition coefficient (Wildman–Crippen LogP) is 3.93. The van der Waals surface area contributed by atoms with Gasteiger partial charge in [0.05, 0.1) is 25.6 Å². The van der Waals surface area contributed by atoms with E-state index in [9.17, 15) is 10.1 Å². The van der Waals surface area contributed by atoms with Crippen LogP contribution in [-0.4, -0.2) is 35.2 Å². The number of rotatable bonds is 9. The number of halogens is 1. The van der Waals surface area contributed by atoms with Crippen molar-refractivity contribution in [1.29, 1.82) is 5.26 Å². The third kappa shape index (κ3) is 5.71. The molecule has 1 heterocycles. The molecular formula is C22H20BrN5O3. The number of H-pyrrole nitrogens is 1. The van der Waals surface area contributed by atoms with Crippen molar-refractivity contribution in [3.05, 3.63) is 70.0 Å². The van der Waals surface area contributed by atoms with Gasteiger partial charge in [0.15, 0.2) is 11.5 Å². The monoisotopic (exact) mass is 481 g/mol. The minimum atomic E-state index is -0.541. The Balaban J connectivity index is 1.79. The molecule has 2 aromatic carbocycles. The summed E-state index contributed by atoms with van der Waals surface area (Å²) in [5.41, 5.74) is 3.82. The lowest BCUT2D eigenvalue weighted by molar-refractivity contribution is 0.295. The molecule has 3 rings (SSSR count). The van der Waals surface area contributed by atoms with Crippen molar-refractivity contribution in [2.75, 3.05) is 24.5 Å². The molecule has 0 saturated heterocycles. The molecule has 0 aliphatic carbocycles. The number of anilines is 1. The van der Waals surface area contributed by atoms with Gasteiger partial charge in [-0.3, -0.25) is 9.78 Å². The van der Waals surface area contributed by atoms with E-state index in [1.165, 1.54) is 0 Å². The number of aromatic nitrogens is 2. The summed E-state index contributed by atoms with van der Waals surface area (Å²) in [6.07, 6.45) is 2.45. The number of aromatic amines is 1. The second kappa shape index (κ2) is 10.9. The van der Waals surface area contributed by atoms with Crippen LogP contribution in [0.3, 0.4) is 0 Å². The lowest BCUT2D eigenvalue weighted by Gasteiger charge is -2.10. The first kappa shape index (κ1) is 22.1. The predicted molar refractivity (Wildman–Crippen MR) is 123 cm³/mol. The topological polar surface area (TPSA) is 112 Å². The van der Waals surface area contributed by atoms with Crippen LogP contribution in [0.2, 0.25) is 0 Å². The normalized spacial score (nSPS) is 10.6. The fourth-order valence-corrected chi connectivity index (χ4v) is 2.95. The molecule has 31 heavy (non-hydrogen) atoms. The zero-order chi connectivity index (χ0) is 22.1. The number of nitrogens with zero attached hydrogens (tertiary/aromatic N) is 3. The zero-order valence-electron chi connectivity index (χ0n) is 16.8. The maximum absolute atomic E-state index is 12.3. The first-order chi connectivity index (χ1) is 15.2. The van der Waals surface area contributed by atoms with Crippen molar-refractivity contribution < 1.29 is 9.47 Å². The summed E-state index contributed by atoms with van der Waals surface area (Å²) in [5.74, 6) is 1.37. The van der Waals surface area contributed by atoms with Gasteiger partial charge in [0, 0.05) is 10.9 Å². The fourth-order valence-electron chi connectivity index (χ4n) is 2.72. The number of benzene rings is 2. The van der Waals surface area contributed by atoms with Crippen LogP contribution < -0.4 is 20.5 Å². The van der Waals surface area contributed by atoms with Gasteiger partial charge in [-0.05, 0) is 30.2 Å². The lowest BCUT2D eigenvalue weighted by atomic mass is 10.1. The van der Waals surface area contributed by atoms with Gasteiger partial charge in [-0.25, -0.2) is 10.4 Å². The van der Waals surface area contributed by atoms with Gasteiger partial charge >= 0.3 is 0 Å². The van der Waals surface area contributed by atoms with Gasteiger partial charge < -0.3 is 9.47 Å². The second-order valence-corrected chi connectivity index (χ2v) is 7.08. The number of ether oxygens (including phenoxy) is 2. The molecule has 0 unspecified atom stereocenters. The van der Waals surface area contributed by atoms with E-state index < -0.39 is 5.56 Å². The van der Waals surface area contributed by atoms with Crippen LogP contribution in [-0.2, 0) is 0 Å². The highest BCUT2D eigenvalue weighted by atomic mass is 79.9. The van der Waals surface area contributed by atoms with Crippen molar-refractivity contribution in [1.82, 2.24) is 9.97 Å². The van der Waals surface area contributed by atoms with Gasteiger partial charge in [-0.15, -0.1) is 0 Å². The van der Waals surface area contributed by atoms with Crippen molar-refractivity contribution >= 4 is 28.1 Å². The number of hydrazone groups is 1. The molecular weight excluding hydrogens is 462 g/mol. The summed E-state index contributed by atoms with van der Waals surface area (Å²) in [4.78, 5) is 19.1. The zero-order valence-corrected chi connectivity index (χ0v) is 18.3. The standard InChI is InChI=1S/C22H20BrN5O3/c1-30-19-12-15(8-9-18(19)31-11-5-10-23)14-25-28-22-26-20(16-6-3-2-4-7-16)17(13-24)21(29)27-22/h2-4,6-9,12,14H,5,10-11H2,1H3,(H2,26,27,28,29). The molecule has 1 aromatic heterocycles. The van der Waals surface area contributed by atoms with Crippen LogP contribution in [0.4, 0.5) is 5.95 Å². The highest BCUT2D eigenvalue weighted by molar-refractivity contribution is 9.09. The Hall–Kier alpha value is -3.64. The fraction of sp³-hybridized carbons (Fsp3) is 0.182. The van der Waals surface area contributed by atoms with Gasteiger partial charge in [0.25, 0.3) is 5.56 Å². The summed E-state index contributed by atoms with van der Waals surface area (Å²) >= 11 is 3.37. The number of methoxy groups -OCH3 is 1. The highest BCUT2D eigenvalue weighted by Crippen LogP contribution is 2.27. The number of nitrogens with one attached hydrogen (secondary N) is 2. The largest absolute Gasteiger partial charge is 0.493 e. The van der Waals surface area contributed by atoms with Crippen LogP contribution in [0.1, 0.15) is 17.5 Å². The smallest absolute Gasteiger partial charge is 0.270 e.